The molecule has 1 heterocycles. The zero-order valence-electron chi connectivity index (χ0n) is 10.4. The number of para-hydroxylation sites is 1. The van der Waals surface area contributed by atoms with E-state index in [4.69, 9.17) is 0 Å². The van der Waals surface area contributed by atoms with Crippen LogP contribution < -0.4 is 5.56 Å². The van der Waals surface area contributed by atoms with E-state index in [0.29, 0.717) is 5.92 Å². The lowest BCUT2D eigenvalue weighted by molar-refractivity contribution is 0.444. The van der Waals surface area contributed by atoms with Gasteiger partial charge in [-0.25, -0.2) is 4.98 Å². The lowest BCUT2D eigenvalue weighted by Crippen LogP contribution is -2.07. The molecule has 0 radical (unpaired) electrons. The van der Waals surface area contributed by atoms with Crippen molar-refractivity contribution < 1.29 is 0 Å². The molecule has 2 heteroatoms. The van der Waals surface area contributed by atoms with Crippen LogP contribution in [0.1, 0.15) is 43.6 Å². The van der Waals surface area contributed by atoms with Gasteiger partial charge in [-0.15, -0.1) is 0 Å². The molecular formula is C16H17NO. The third kappa shape index (κ3) is 2.28. The molecule has 2 aromatic rings. The van der Waals surface area contributed by atoms with Crippen LogP contribution in [0, 0.1) is 0 Å². The third-order valence-corrected chi connectivity index (χ3v) is 3.86. The molecule has 0 spiro atoms. The normalized spacial score (nSPS) is 16.9. The highest BCUT2D eigenvalue weighted by molar-refractivity contribution is 5.78. The van der Waals surface area contributed by atoms with E-state index in [1.807, 2.05) is 24.3 Å². The third-order valence-electron chi connectivity index (χ3n) is 3.86. The molecule has 0 amide bonds. The molecule has 3 rings (SSSR count). The predicted octanol–water partition coefficient (Wildman–Crippen LogP) is 3.64. The lowest BCUT2D eigenvalue weighted by Gasteiger charge is -2.20. The molecule has 0 bridgehead atoms. The summed E-state index contributed by atoms with van der Waals surface area (Å²) in [5.41, 5.74) is 1.86. The maximum Gasteiger partial charge on any atom is 0.270 e. The summed E-state index contributed by atoms with van der Waals surface area (Å²) in [7, 11) is 0. The second-order valence-corrected chi connectivity index (χ2v) is 5.13. The molecule has 2 nitrogen and oxygen atoms in total. The van der Waals surface area contributed by atoms with Crippen molar-refractivity contribution in [3.63, 3.8) is 0 Å². The maximum absolute atomic E-state index is 11.8. The minimum atomic E-state index is -0.114. The van der Waals surface area contributed by atoms with Gasteiger partial charge in [0.2, 0.25) is 0 Å². The van der Waals surface area contributed by atoms with Crippen LogP contribution >= 0.6 is 0 Å². The van der Waals surface area contributed by atoms with Gasteiger partial charge in [0.25, 0.3) is 5.56 Å². The molecule has 0 saturated heterocycles. The number of hydrogen-bond acceptors (Lipinski definition) is 2. The van der Waals surface area contributed by atoms with E-state index in [1.54, 1.807) is 6.07 Å². The van der Waals surface area contributed by atoms with E-state index in [0.717, 1.165) is 10.9 Å². The minimum absolute atomic E-state index is 0.114. The number of nitrogens with zero attached hydrogens (tertiary/aromatic N) is 1. The summed E-state index contributed by atoms with van der Waals surface area (Å²) in [6.07, 6.45) is 6.31. The van der Waals surface area contributed by atoms with Crippen LogP contribution in [0.4, 0.5) is 0 Å². The maximum atomic E-state index is 11.8. The smallest absolute Gasteiger partial charge is 0.267 e. The Morgan fingerprint density at radius 3 is 2.61 bits per heavy atom. The molecule has 1 aliphatic rings. The molecule has 1 aromatic heterocycles. The van der Waals surface area contributed by atoms with Gasteiger partial charge < -0.3 is 0 Å². The van der Waals surface area contributed by atoms with E-state index in [-0.39, 0.29) is 5.56 Å². The first-order valence-electron chi connectivity index (χ1n) is 6.74. The van der Waals surface area contributed by atoms with Crippen molar-refractivity contribution in [2.45, 2.75) is 38.0 Å². The SMILES string of the molecule is O=c1cc(C2CCCCC2)cc2ccccc2n1. The van der Waals surface area contributed by atoms with Crippen molar-refractivity contribution in [1.82, 2.24) is 4.98 Å². The lowest BCUT2D eigenvalue weighted by atomic mass is 9.84. The standard InChI is InChI=1S/C16H17NO/c18-16-11-14(12-6-2-1-3-7-12)10-13-8-4-5-9-15(13)17-16/h4-5,8-12H,1-3,6-7H2. The van der Waals surface area contributed by atoms with Crippen LogP contribution in [-0.4, -0.2) is 4.98 Å². The summed E-state index contributed by atoms with van der Waals surface area (Å²) < 4.78 is 0. The van der Waals surface area contributed by atoms with Crippen LogP contribution in [0.2, 0.25) is 0 Å². The van der Waals surface area contributed by atoms with Gasteiger partial charge >= 0.3 is 0 Å². The molecule has 0 atom stereocenters. The zero-order chi connectivity index (χ0) is 12.4. The van der Waals surface area contributed by atoms with Crippen molar-refractivity contribution in [2.75, 3.05) is 0 Å². The van der Waals surface area contributed by atoms with E-state index in [9.17, 15) is 4.79 Å². The van der Waals surface area contributed by atoms with Gasteiger partial charge in [-0.05, 0) is 36.5 Å². The van der Waals surface area contributed by atoms with Crippen LogP contribution in [0.5, 0.6) is 0 Å². The Balaban J connectivity index is 2.14. The van der Waals surface area contributed by atoms with Crippen molar-refractivity contribution in [3.05, 3.63) is 52.3 Å². The molecular weight excluding hydrogens is 222 g/mol. The fraction of sp³-hybridized carbons (Fsp3) is 0.375. The fourth-order valence-electron chi connectivity index (χ4n) is 2.90. The Bertz CT molecular complexity index is 615. The zero-order valence-corrected chi connectivity index (χ0v) is 10.4. The Kier molecular flexibility index (Phi) is 3.09. The van der Waals surface area contributed by atoms with Gasteiger partial charge in [0.1, 0.15) is 0 Å². The minimum Gasteiger partial charge on any atom is -0.267 e. The molecule has 1 aromatic carbocycles. The summed E-state index contributed by atoms with van der Waals surface area (Å²) in [6, 6.07) is 11.7. The molecule has 0 aliphatic heterocycles. The second kappa shape index (κ2) is 4.89. The highest BCUT2D eigenvalue weighted by atomic mass is 16.1. The highest BCUT2D eigenvalue weighted by Crippen LogP contribution is 2.32. The quantitative estimate of drug-likeness (QED) is 0.760. The molecule has 1 saturated carbocycles. The second-order valence-electron chi connectivity index (χ2n) is 5.13. The van der Waals surface area contributed by atoms with Gasteiger partial charge in [-0.2, -0.15) is 0 Å². The first-order chi connectivity index (χ1) is 8.83. The van der Waals surface area contributed by atoms with Crippen molar-refractivity contribution >= 4 is 10.9 Å². The molecule has 18 heavy (non-hydrogen) atoms. The average Bonchev–Trinajstić information content (AvgIpc) is 2.57. The summed E-state index contributed by atoms with van der Waals surface area (Å²) in [5.74, 6) is 0.545. The van der Waals surface area contributed by atoms with E-state index in [1.165, 1.54) is 37.7 Å². The van der Waals surface area contributed by atoms with Crippen LogP contribution in [0.25, 0.3) is 10.9 Å². The van der Waals surface area contributed by atoms with Crippen LogP contribution in [-0.2, 0) is 0 Å². The topological polar surface area (TPSA) is 30.0 Å². The monoisotopic (exact) mass is 239 g/mol. The summed E-state index contributed by atoms with van der Waals surface area (Å²) >= 11 is 0. The molecule has 0 unspecified atom stereocenters. The van der Waals surface area contributed by atoms with E-state index >= 15 is 0 Å². The van der Waals surface area contributed by atoms with Crippen molar-refractivity contribution in [2.24, 2.45) is 0 Å². The van der Waals surface area contributed by atoms with Crippen molar-refractivity contribution in [3.8, 4) is 0 Å². The Labute approximate surface area is 107 Å². The summed E-state index contributed by atoms with van der Waals surface area (Å²) in [5, 5.41) is 1.07. The van der Waals surface area contributed by atoms with Crippen LogP contribution in [0.15, 0.2) is 41.2 Å². The van der Waals surface area contributed by atoms with E-state index in [2.05, 4.69) is 11.1 Å². The first kappa shape index (κ1) is 11.4. The van der Waals surface area contributed by atoms with Gasteiger partial charge in [-0.1, -0.05) is 37.5 Å². The molecule has 0 N–H and O–H groups in total. The number of fused-ring (bicyclic) bond motifs is 1. The summed E-state index contributed by atoms with van der Waals surface area (Å²) in [6.45, 7) is 0. The number of hydrogen-bond donors (Lipinski definition) is 0. The Morgan fingerprint density at radius 1 is 1.00 bits per heavy atom. The fourth-order valence-corrected chi connectivity index (χ4v) is 2.90. The summed E-state index contributed by atoms with van der Waals surface area (Å²) in [4.78, 5) is 16.0. The van der Waals surface area contributed by atoms with Gasteiger partial charge in [0, 0.05) is 11.5 Å². The number of rotatable bonds is 1. The predicted molar refractivity (Wildman–Crippen MR) is 73.8 cm³/mol. The van der Waals surface area contributed by atoms with E-state index < -0.39 is 0 Å². The molecule has 1 aliphatic carbocycles. The highest BCUT2D eigenvalue weighted by Gasteiger charge is 2.15. The average molecular weight is 239 g/mol. The van der Waals surface area contributed by atoms with Gasteiger partial charge in [-0.3, -0.25) is 4.79 Å². The van der Waals surface area contributed by atoms with Gasteiger partial charge in [0.05, 0.1) is 5.52 Å². The molecule has 92 valence electrons. The van der Waals surface area contributed by atoms with Crippen LogP contribution in [0.3, 0.4) is 0 Å². The van der Waals surface area contributed by atoms with Crippen molar-refractivity contribution in [1.29, 1.82) is 0 Å². The Morgan fingerprint density at radius 2 is 1.78 bits per heavy atom. The molecule has 1 fully saturated rings. The number of aromatic nitrogens is 1. The number of benzene rings is 1. The Hall–Kier alpha value is -1.70. The first-order valence-corrected chi connectivity index (χ1v) is 6.74. The largest absolute Gasteiger partial charge is 0.270 e. The van der Waals surface area contributed by atoms with Gasteiger partial charge in [0.15, 0.2) is 0 Å².